The van der Waals surface area contributed by atoms with Gasteiger partial charge < -0.3 is 0 Å². The van der Waals surface area contributed by atoms with Crippen LogP contribution in [0.15, 0.2) is 0 Å². The number of hydrogen-bond donors (Lipinski definition) is 0. The first-order chi connectivity index (χ1) is 6.44. The summed E-state index contributed by atoms with van der Waals surface area (Å²) in [6, 6.07) is 0. The van der Waals surface area contributed by atoms with Gasteiger partial charge in [0, 0.05) is 13.1 Å². The van der Waals surface area contributed by atoms with Gasteiger partial charge in [0.2, 0.25) is 10.0 Å². The zero-order valence-corrected chi connectivity index (χ0v) is 10.2. The van der Waals surface area contributed by atoms with E-state index in [-0.39, 0.29) is 5.25 Å². The molecule has 4 heteroatoms. The highest BCUT2D eigenvalue weighted by Gasteiger charge is 2.30. The lowest BCUT2D eigenvalue weighted by Gasteiger charge is -2.22. The van der Waals surface area contributed by atoms with Gasteiger partial charge in [-0.25, -0.2) is 12.7 Å². The van der Waals surface area contributed by atoms with Crippen molar-refractivity contribution in [3.63, 3.8) is 0 Å². The van der Waals surface area contributed by atoms with Crippen molar-refractivity contribution in [2.45, 2.75) is 45.3 Å². The fourth-order valence-electron chi connectivity index (χ4n) is 1.98. The number of sulfonamides is 1. The fourth-order valence-corrected chi connectivity index (χ4v) is 3.89. The van der Waals surface area contributed by atoms with Crippen molar-refractivity contribution in [2.75, 3.05) is 13.1 Å². The normalized spacial score (nSPS) is 21.7. The van der Waals surface area contributed by atoms with Crippen molar-refractivity contribution in [1.82, 2.24) is 4.31 Å². The molecule has 3 nitrogen and oxygen atoms in total. The predicted molar refractivity (Wildman–Crippen MR) is 58.6 cm³/mol. The van der Waals surface area contributed by atoms with Crippen LogP contribution in [0.25, 0.3) is 0 Å². The maximum absolute atomic E-state index is 12.0. The van der Waals surface area contributed by atoms with Crippen LogP contribution < -0.4 is 0 Å². The van der Waals surface area contributed by atoms with E-state index in [1.165, 1.54) is 0 Å². The third kappa shape index (κ3) is 2.70. The first-order valence-electron chi connectivity index (χ1n) is 5.43. The van der Waals surface area contributed by atoms with E-state index >= 15 is 0 Å². The first kappa shape index (κ1) is 12.0. The molecule has 1 fully saturated rings. The highest BCUT2D eigenvalue weighted by Crippen LogP contribution is 2.20. The average Bonchev–Trinajstić information content (AvgIpc) is 2.54. The van der Waals surface area contributed by atoms with Crippen molar-refractivity contribution < 1.29 is 8.42 Å². The molecule has 0 N–H and O–H groups in total. The zero-order chi connectivity index (χ0) is 10.8. The second-order valence-electron chi connectivity index (χ2n) is 4.59. The summed E-state index contributed by atoms with van der Waals surface area (Å²) in [5.74, 6) is 0.447. The molecule has 1 unspecified atom stereocenters. The van der Waals surface area contributed by atoms with Crippen LogP contribution in [-0.4, -0.2) is 31.1 Å². The molecule has 1 rings (SSSR count). The van der Waals surface area contributed by atoms with Crippen LogP contribution in [0.2, 0.25) is 0 Å². The lowest BCUT2D eigenvalue weighted by atomic mass is 10.1. The van der Waals surface area contributed by atoms with Crippen molar-refractivity contribution in [2.24, 2.45) is 5.92 Å². The van der Waals surface area contributed by atoms with E-state index in [1.54, 1.807) is 4.31 Å². The lowest BCUT2D eigenvalue weighted by molar-refractivity contribution is 0.452. The molecule has 84 valence electrons. The van der Waals surface area contributed by atoms with Gasteiger partial charge in [-0.15, -0.1) is 0 Å². The minimum absolute atomic E-state index is 0.222. The summed E-state index contributed by atoms with van der Waals surface area (Å²) < 4.78 is 25.6. The van der Waals surface area contributed by atoms with Crippen LogP contribution >= 0.6 is 0 Å². The summed E-state index contributed by atoms with van der Waals surface area (Å²) in [6.07, 6.45) is 2.81. The summed E-state index contributed by atoms with van der Waals surface area (Å²) in [6.45, 7) is 7.41. The Morgan fingerprint density at radius 3 is 2.07 bits per heavy atom. The van der Waals surface area contributed by atoms with Gasteiger partial charge in [-0.3, -0.25) is 0 Å². The van der Waals surface area contributed by atoms with Gasteiger partial charge in [-0.2, -0.15) is 0 Å². The second-order valence-corrected chi connectivity index (χ2v) is 6.94. The molecule has 1 saturated heterocycles. The van der Waals surface area contributed by atoms with E-state index in [4.69, 9.17) is 0 Å². The molecule has 1 aliphatic heterocycles. The summed E-state index contributed by atoms with van der Waals surface area (Å²) >= 11 is 0. The molecule has 0 bridgehead atoms. The van der Waals surface area contributed by atoms with Gasteiger partial charge in [-0.05, 0) is 32.1 Å². The molecule has 1 heterocycles. The Labute approximate surface area is 87.5 Å². The molecule has 0 aromatic carbocycles. The molecule has 0 saturated carbocycles. The van der Waals surface area contributed by atoms with Crippen LogP contribution in [-0.2, 0) is 10.0 Å². The molecule has 1 aliphatic rings. The molecule has 1 atom stereocenters. The molecule has 0 aliphatic carbocycles. The fraction of sp³-hybridized carbons (Fsp3) is 1.00. The highest BCUT2D eigenvalue weighted by molar-refractivity contribution is 7.89. The first-order valence-corrected chi connectivity index (χ1v) is 6.94. The summed E-state index contributed by atoms with van der Waals surface area (Å²) in [5.41, 5.74) is 0. The largest absolute Gasteiger partial charge is 0.216 e. The standard InChI is InChI=1S/C10H21NO2S/c1-9(2)8-10(3)14(12,13)11-6-4-5-7-11/h9-10H,4-8H2,1-3H3. The van der Waals surface area contributed by atoms with E-state index in [9.17, 15) is 8.42 Å². The lowest BCUT2D eigenvalue weighted by Crippen LogP contribution is -2.35. The van der Waals surface area contributed by atoms with Crippen molar-refractivity contribution in [1.29, 1.82) is 0 Å². The highest BCUT2D eigenvalue weighted by atomic mass is 32.2. The van der Waals surface area contributed by atoms with Crippen molar-refractivity contribution in [3.05, 3.63) is 0 Å². The minimum Gasteiger partial charge on any atom is -0.212 e. The van der Waals surface area contributed by atoms with Crippen LogP contribution in [0.3, 0.4) is 0 Å². The quantitative estimate of drug-likeness (QED) is 0.723. The van der Waals surface area contributed by atoms with Gasteiger partial charge in [0.1, 0.15) is 0 Å². The average molecular weight is 219 g/mol. The molecular weight excluding hydrogens is 198 g/mol. The van der Waals surface area contributed by atoms with Gasteiger partial charge in [-0.1, -0.05) is 13.8 Å². The molecule has 0 aromatic rings. The number of nitrogens with zero attached hydrogens (tertiary/aromatic N) is 1. The van der Waals surface area contributed by atoms with E-state index in [0.717, 1.165) is 32.4 Å². The number of rotatable bonds is 4. The Morgan fingerprint density at radius 2 is 1.64 bits per heavy atom. The molecule has 0 spiro atoms. The Kier molecular flexibility index (Phi) is 3.95. The third-order valence-electron chi connectivity index (χ3n) is 2.74. The summed E-state index contributed by atoms with van der Waals surface area (Å²) in [4.78, 5) is 0. The molecular formula is C10H21NO2S. The molecule has 0 amide bonds. The Hall–Kier alpha value is -0.0900. The van der Waals surface area contributed by atoms with Crippen molar-refractivity contribution >= 4 is 10.0 Å². The summed E-state index contributed by atoms with van der Waals surface area (Å²) in [5, 5.41) is -0.222. The topological polar surface area (TPSA) is 37.4 Å². The van der Waals surface area contributed by atoms with Crippen molar-refractivity contribution in [3.8, 4) is 0 Å². The third-order valence-corrected chi connectivity index (χ3v) is 5.03. The smallest absolute Gasteiger partial charge is 0.212 e. The Morgan fingerprint density at radius 1 is 1.14 bits per heavy atom. The molecule has 0 aromatic heterocycles. The summed E-state index contributed by atoms with van der Waals surface area (Å²) in [7, 11) is -3.00. The van der Waals surface area contributed by atoms with Crippen LogP contribution in [0, 0.1) is 5.92 Å². The van der Waals surface area contributed by atoms with Gasteiger partial charge in [0.15, 0.2) is 0 Å². The minimum atomic E-state index is -3.00. The maximum Gasteiger partial charge on any atom is 0.216 e. The van der Waals surface area contributed by atoms with Gasteiger partial charge in [0.25, 0.3) is 0 Å². The van der Waals surface area contributed by atoms with E-state index in [2.05, 4.69) is 13.8 Å². The zero-order valence-electron chi connectivity index (χ0n) is 9.36. The van der Waals surface area contributed by atoms with Gasteiger partial charge >= 0.3 is 0 Å². The van der Waals surface area contributed by atoms with E-state index < -0.39 is 10.0 Å². The SMILES string of the molecule is CC(C)CC(C)S(=O)(=O)N1CCCC1. The Balaban J connectivity index is 2.63. The van der Waals surface area contributed by atoms with Crippen LogP contribution in [0.1, 0.15) is 40.0 Å². The predicted octanol–water partition coefficient (Wildman–Crippen LogP) is 1.85. The molecule has 14 heavy (non-hydrogen) atoms. The Bertz CT molecular complexity index is 266. The van der Waals surface area contributed by atoms with Gasteiger partial charge in [0.05, 0.1) is 5.25 Å². The monoisotopic (exact) mass is 219 g/mol. The van der Waals surface area contributed by atoms with Crippen LogP contribution in [0.5, 0.6) is 0 Å². The van der Waals surface area contributed by atoms with Crippen LogP contribution in [0.4, 0.5) is 0 Å². The number of hydrogen-bond acceptors (Lipinski definition) is 2. The van der Waals surface area contributed by atoms with E-state index in [0.29, 0.717) is 5.92 Å². The second kappa shape index (κ2) is 4.62. The van der Waals surface area contributed by atoms with E-state index in [1.807, 2.05) is 6.92 Å². The molecule has 0 radical (unpaired) electrons. The maximum atomic E-state index is 12.0.